The molecule has 1 saturated carbocycles. The van der Waals surface area contributed by atoms with Gasteiger partial charge in [0.2, 0.25) is 0 Å². The zero-order valence-corrected chi connectivity index (χ0v) is 10.1. The average molecular weight is 242 g/mol. The number of amides is 1. The highest BCUT2D eigenvalue weighted by Crippen LogP contribution is 2.22. The van der Waals surface area contributed by atoms with Crippen LogP contribution in [0.2, 0.25) is 0 Å². The Balaban J connectivity index is 1.91. The molecule has 4 nitrogen and oxygen atoms in total. The molecule has 0 unspecified atom stereocenters. The molecule has 1 amide bonds. The van der Waals surface area contributed by atoms with Crippen molar-refractivity contribution in [3.63, 3.8) is 0 Å². The van der Waals surface area contributed by atoms with Crippen molar-refractivity contribution in [1.82, 2.24) is 14.9 Å². The van der Waals surface area contributed by atoms with Gasteiger partial charge in [-0.25, -0.2) is 4.98 Å². The first-order valence-electron chi connectivity index (χ1n) is 5.58. The normalized spacial score (nSPS) is 25.4. The van der Waals surface area contributed by atoms with Crippen LogP contribution in [0.15, 0.2) is 12.5 Å². The Bertz CT molecular complexity index is 369. The monoisotopic (exact) mass is 241 g/mol. The Morgan fingerprint density at radius 3 is 2.75 bits per heavy atom. The molecule has 1 N–H and O–H groups in total. The van der Waals surface area contributed by atoms with Crippen molar-refractivity contribution in [3.8, 4) is 0 Å². The van der Waals surface area contributed by atoms with E-state index in [0.717, 1.165) is 25.7 Å². The van der Waals surface area contributed by atoms with Gasteiger partial charge in [-0.05, 0) is 25.7 Å². The van der Waals surface area contributed by atoms with Crippen molar-refractivity contribution in [1.29, 1.82) is 0 Å². The zero-order chi connectivity index (χ0) is 11.5. The largest absolute Gasteiger partial charge is 0.348 e. The van der Waals surface area contributed by atoms with Crippen LogP contribution in [0.1, 0.15) is 36.2 Å². The van der Waals surface area contributed by atoms with Crippen molar-refractivity contribution in [2.75, 3.05) is 0 Å². The number of nitrogens with one attached hydrogen (secondary N) is 1. The number of hydrogen-bond donors (Lipinski definition) is 1. The fraction of sp³-hybridized carbons (Fsp3) is 0.636. The lowest BCUT2D eigenvalue weighted by atomic mass is 9.95. The summed E-state index contributed by atoms with van der Waals surface area (Å²) in [6.45, 7) is 0. The lowest BCUT2D eigenvalue weighted by Crippen LogP contribution is -2.38. The lowest BCUT2D eigenvalue weighted by Gasteiger charge is -2.25. The third-order valence-electron chi connectivity index (χ3n) is 3.04. The fourth-order valence-corrected chi connectivity index (χ4v) is 2.28. The number of carbonyl (C=O) groups excluding carboxylic acids is 1. The Kier molecular flexibility index (Phi) is 3.49. The van der Waals surface area contributed by atoms with Gasteiger partial charge >= 0.3 is 0 Å². The molecule has 1 aliphatic rings. The molecule has 0 atom stereocenters. The molecule has 16 heavy (non-hydrogen) atoms. The summed E-state index contributed by atoms with van der Waals surface area (Å²) in [6, 6.07) is 0.261. The van der Waals surface area contributed by atoms with E-state index >= 15 is 0 Å². The molecule has 0 bridgehead atoms. The molecule has 1 aromatic rings. The van der Waals surface area contributed by atoms with Crippen LogP contribution in [-0.2, 0) is 7.05 Å². The van der Waals surface area contributed by atoms with Crippen molar-refractivity contribution >= 4 is 17.5 Å². The van der Waals surface area contributed by atoms with Gasteiger partial charge in [0.05, 0.1) is 12.5 Å². The van der Waals surface area contributed by atoms with Gasteiger partial charge in [-0.15, -0.1) is 11.6 Å². The number of rotatable bonds is 2. The lowest BCUT2D eigenvalue weighted by molar-refractivity contribution is 0.0919. The molecule has 0 saturated heterocycles. The Morgan fingerprint density at radius 1 is 1.50 bits per heavy atom. The maximum absolute atomic E-state index is 11.9. The highest BCUT2D eigenvalue weighted by molar-refractivity contribution is 6.20. The quantitative estimate of drug-likeness (QED) is 0.802. The third kappa shape index (κ3) is 2.55. The summed E-state index contributed by atoms with van der Waals surface area (Å²) in [5.41, 5.74) is 0.605. The van der Waals surface area contributed by atoms with Gasteiger partial charge in [-0.3, -0.25) is 4.79 Å². The minimum atomic E-state index is -0.0435. The first kappa shape index (κ1) is 11.5. The molecule has 88 valence electrons. The Hall–Kier alpha value is -1.03. The van der Waals surface area contributed by atoms with Crippen LogP contribution >= 0.6 is 11.6 Å². The van der Waals surface area contributed by atoms with Crippen LogP contribution in [0.4, 0.5) is 0 Å². The van der Waals surface area contributed by atoms with Gasteiger partial charge in [0.1, 0.15) is 5.69 Å². The number of nitrogens with zero attached hydrogens (tertiary/aromatic N) is 2. The number of imidazole rings is 1. The second kappa shape index (κ2) is 4.87. The summed E-state index contributed by atoms with van der Waals surface area (Å²) in [5, 5.41) is 3.31. The predicted molar refractivity (Wildman–Crippen MR) is 62.6 cm³/mol. The van der Waals surface area contributed by atoms with Crippen LogP contribution in [0.3, 0.4) is 0 Å². The van der Waals surface area contributed by atoms with Gasteiger partial charge in [0.25, 0.3) is 5.91 Å². The molecule has 5 heteroatoms. The molecule has 0 radical (unpaired) electrons. The van der Waals surface area contributed by atoms with E-state index in [1.165, 1.54) is 0 Å². The highest BCUT2D eigenvalue weighted by Gasteiger charge is 2.22. The van der Waals surface area contributed by atoms with Crippen molar-refractivity contribution in [2.24, 2.45) is 7.05 Å². The summed E-state index contributed by atoms with van der Waals surface area (Å²) in [5.74, 6) is -0.0435. The number of aromatic nitrogens is 2. The number of hydrogen-bond acceptors (Lipinski definition) is 2. The van der Waals surface area contributed by atoms with Crippen LogP contribution in [-0.4, -0.2) is 26.9 Å². The predicted octanol–water partition coefficient (Wildman–Crippen LogP) is 1.70. The van der Waals surface area contributed by atoms with E-state index in [1.807, 2.05) is 7.05 Å². The SMILES string of the molecule is Cn1cncc1C(=O)NC1CCC(Cl)CC1. The maximum Gasteiger partial charge on any atom is 0.269 e. The van der Waals surface area contributed by atoms with Gasteiger partial charge in [0.15, 0.2) is 0 Å². The van der Waals surface area contributed by atoms with Crippen LogP contribution < -0.4 is 5.32 Å². The molecule has 1 aromatic heterocycles. The standard InChI is InChI=1S/C11H16ClN3O/c1-15-7-13-6-10(15)11(16)14-9-4-2-8(12)3-5-9/h6-9H,2-5H2,1H3,(H,14,16). The van der Waals surface area contributed by atoms with Crippen molar-refractivity contribution in [3.05, 3.63) is 18.2 Å². The second-order valence-corrected chi connectivity index (χ2v) is 4.93. The van der Waals surface area contributed by atoms with E-state index in [0.29, 0.717) is 5.69 Å². The number of alkyl halides is 1. The van der Waals surface area contributed by atoms with Gasteiger partial charge in [-0.1, -0.05) is 0 Å². The second-order valence-electron chi connectivity index (χ2n) is 4.31. The molecule has 1 aliphatic carbocycles. The number of halogens is 1. The Labute approximate surface area is 100.0 Å². The first-order valence-corrected chi connectivity index (χ1v) is 6.01. The van der Waals surface area contributed by atoms with Gasteiger partial charge in [0, 0.05) is 18.5 Å². The van der Waals surface area contributed by atoms with Crippen LogP contribution in [0.25, 0.3) is 0 Å². The average Bonchev–Trinajstić information content (AvgIpc) is 2.68. The fourth-order valence-electron chi connectivity index (χ4n) is 2.03. The summed E-state index contributed by atoms with van der Waals surface area (Å²) >= 11 is 6.02. The van der Waals surface area contributed by atoms with E-state index in [1.54, 1.807) is 17.1 Å². The zero-order valence-electron chi connectivity index (χ0n) is 9.32. The maximum atomic E-state index is 11.9. The van der Waals surface area contributed by atoms with Crippen molar-refractivity contribution < 1.29 is 4.79 Å². The molecule has 0 aromatic carbocycles. The molecule has 2 rings (SSSR count). The summed E-state index contributed by atoms with van der Waals surface area (Å²) in [6.07, 6.45) is 7.12. The minimum Gasteiger partial charge on any atom is -0.348 e. The van der Waals surface area contributed by atoms with Crippen molar-refractivity contribution in [2.45, 2.75) is 37.1 Å². The number of carbonyl (C=O) groups is 1. The van der Waals surface area contributed by atoms with E-state index in [4.69, 9.17) is 11.6 Å². The Morgan fingerprint density at radius 2 is 2.19 bits per heavy atom. The molecule has 0 aliphatic heterocycles. The smallest absolute Gasteiger partial charge is 0.269 e. The number of aryl methyl sites for hydroxylation is 1. The van der Waals surface area contributed by atoms with Crippen LogP contribution in [0, 0.1) is 0 Å². The van der Waals surface area contributed by atoms with E-state index in [9.17, 15) is 4.79 Å². The molecule has 1 heterocycles. The summed E-state index contributed by atoms with van der Waals surface area (Å²) in [4.78, 5) is 15.8. The van der Waals surface area contributed by atoms with E-state index in [2.05, 4.69) is 10.3 Å². The minimum absolute atomic E-state index is 0.0435. The highest BCUT2D eigenvalue weighted by atomic mass is 35.5. The van der Waals surface area contributed by atoms with Gasteiger partial charge < -0.3 is 9.88 Å². The third-order valence-corrected chi connectivity index (χ3v) is 3.48. The molecular weight excluding hydrogens is 226 g/mol. The first-order chi connectivity index (χ1) is 7.66. The molecular formula is C11H16ClN3O. The molecule has 1 fully saturated rings. The topological polar surface area (TPSA) is 46.9 Å². The molecule has 0 spiro atoms. The van der Waals surface area contributed by atoms with E-state index < -0.39 is 0 Å². The van der Waals surface area contributed by atoms with Crippen LogP contribution in [0.5, 0.6) is 0 Å². The summed E-state index contributed by atoms with van der Waals surface area (Å²) in [7, 11) is 1.82. The summed E-state index contributed by atoms with van der Waals surface area (Å²) < 4.78 is 1.72. The van der Waals surface area contributed by atoms with E-state index in [-0.39, 0.29) is 17.3 Å². The van der Waals surface area contributed by atoms with Gasteiger partial charge in [-0.2, -0.15) is 0 Å².